The molecule has 154 valence electrons. The smallest absolute Gasteiger partial charge is 0.258 e. The second-order valence-corrected chi connectivity index (χ2v) is 6.97. The number of hydrogen-bond acceptors (Lipinski definition) is 6. The van der Waals surface area contributed by atoms with E-state index >= 15 is 0 Å². The lowest BCUT2D eigenvalue weighted by molar-refractivity contribution is -0.111. The van der Waals surface area contributed by atoms with E-state index in [2.05, 4.69) is 21.7 Å². The number of aromatic nitrogens is 1. The molecule has 3 rings (SSSR count). The van der Waals surface area contributed by atoms with Gasteiger partial charge in [0.15, 0.2) is 0 Å². The first-order valence-electron chi connectivity index (χ1n) is 9.61. The highest BCUT2D eigenvalue weighted by Gasteiger charge is 2.18. The Morgan fingerprint density at radius 2 is 2.03 bits per heavy atom. The highest BCUT2D eigenvalue weighted by molar-refractivity contribution is 6.25. The van der Waals surface area contributed by atoms with Gasteiger partial charge in [0, 0.05) is 31.7 Å². The van der Waals surface area contributed by atoms with Gasteiger partial charge in [0.1, 0.15) is 5.82 Å². The van der Waals surface area contributed by atoms with Crippen molar-refractivity contribution in [3.8, 4) is 6.07 Å². The zero-order valence-corrected chi connectivity index (χ0v) is 16.6. The van der Waals surface area contributed by atoms with Crippen LogP contribution in [0, 0.1) is 18.3 Å². The van der Waals surface area contributed by atoms with E-state index < -0.39 is 5.91 Å². The number of carbonyl (C=O) groups excluding carboxylic acids is 2. The van der Waals surface area contributed by atoms with Crippen molar-refractivity contribution < 1.29 is 14.3 Å². The first kappa shape index (κ1) is 21.0. The maximum Gasteiger partial charge on any atom is 0.258 e. The molecular weight excluding hydrogens is 382 g/mol. The third kappa shape index (κ3) is 5.01. The number of nitrogens with zero attached hydrogens (tertiary/aromatic N) is 2. The monoisotopic (exact) mass is 405 g/mol. The summed E-state index contributed by atoms with van der Waals surface area (Å²) in [4.78, 5) is 29.2. The molecule has 4 N–H and O–H groups in total. The average molecular weight is 405 g/mol. The quantitative estimate of drug-likeness (QED) is 0.653. The lowest BCUT2D eigenvalue weighted by Crippen LogP contribution is -2.38. The fourth-order valence-electron chi connectivity index (χ4n) is 3.22. The molecule has 0 radical (unpaired) electrons. The van der Waals surface area contributed by atoms with Crippen LogP contribution in [0.5, 0.6) is 0 Å². The van der Waals surface area contributed by atoms with Gasteiger partial charge in [0.25, 0.3) is 11.8 Å². The standard InChI is InChI=1S/C22H23N5O3/c1-14-10-15(11-23)2-4-18(14)19(12-24)22(29)27-20-5-3-16(13-25-20)21(28)26-17-6-8-30-9-7-17/h2-5,10,12-13,17H,6-9,24H2,1H3,(H,26,28)(H,25,27,29). The Labute approximate surface area is 174 Å². The topological polar surface area (TPSA) is 130 Å². The van der Waals surface area contributed by atoms with Gasteiger partial charge < -0.3 is 21.1 Å². The summed E-state index contributed by atoms with van der Waals surface area (Å²) in [6.45, 7) is 3.09. The van der Waals surface area contributed by atoms with Crippen LogP contribution in [0.15, 0.2) is 42.7 Å². The van der Waals surface area contributed by atoms with E-state index in [0.717, 1.165) is 18.4 Å². The molecule has 1 aliphatic heterocycles. The van der Waals surface area contributed by atoms with Gasteiger partial charge >= 0.3 is 0 Å². The van der Waals surface area contributed by atoms with Gasteiger partial charge in [-0.1, -0.05) is 6.07 Å². The molecule has 0 aliphatic carbocycles. The average Bonchev–Trinajstić information content (AvgIpc) is 2.76. The number of carbonyl (C=O) groups is 2. The fourth-order valence-corrected chi connectivity index (χ4v) is 3.22. The van der Waals surface area contributed by atoms with Gasteiger partial charge in [-0.05, 0) is 55.2 Å². The number of benzene rings is 1. The van der Waals surface area contributed by atoms with E-state index in [4.69, 9.17) is 15.7 Å². The van der Waals surface area contributed by atoms with E-state index in [9.17, 15) is 9.59 Å². The molecule has 1 saturated heterocycles. The number of pyridine rings is 1. The summed E-state index contributed by atoms with van der Waals surface area (Å²) in [6.07, 6.45) is 4.22. The number of nitriles is 1. The first-order chi connectivity index (χ1) is 14.5. The number of amides is 2. The molecule has 1 aliphatic rings. The molecule has 0 spiro atoms. The van der Waals surface area contributed by atoms with E-state index in [1.165, 1.54) is 12.4 Å². The van der Waals surface area contributed by atoms with E-state index in [0.29, 0.717) is 35.7 Å². The minimum absolute atomic E-state index is 0.0959. The van der Waals surface area contributed by atoms with Crippen molar-refractivity contribution in [2.45, 2.75) is 25.8 Å². The Morgan fingerprint density at radius 1 is 1.27 bits per heavy atom. The fraction of sp³-hybridized carbons (Fsp3) is 0.273. The van der Waals surface area contributed by atoms with Gasteiger partial charge in [-0.15, -0.1) is 0 Å². The van der Waals surface area contributed by atoms with Crippen LogP contribution in [0.25, 0.3) is 5.57 Å². The minimum Gasteiger partial charge on any atom is -0.404 e. The molecule has 1 aromatic heterocycles. The van der Waals surface area contributed by atoms with Crippen LogP contribution in [-0.4, -0.2) is 36.1 Å². The number of nitrogens with one attached hydrogen (secondary N) is 2. The van der Waals surface area contributed by atoms with Crippen molar-refractivity contribution in [2.24, 2.45) is 5.73 Å². The molecule has 0 bridgehead atoms. The third-order valence-corrected chi connectivity index (χ3v) is 4.88. The number of ether oxygens (including phenoxy) is 1. The molecule has 1 aromatic carbocycles. The van der Waals surface area contributed by atoms with Crippen molar-refractivity contribution in [3.63, 3.8) is 0 Å². The molecule has 30 heavy (non-hydrogen) atoms. The van der Waals surface area contributed by atoms with E-state index in [1.807, 2.05) is 0 Å². The van der Waals surface area contributed by atoms with Gasteiger partial charge in [-0.25, -0.2) is 4.98 Å². The van der Waals surface area contributed by atoms with Crippen LogP contribution in [-0.2, 0) is 9.53 Å². The normalized spacial score (nSPS) is 14.6. The SMILES string of the molecule is Cc1cc(C#N)ccc1C(=CN)C(=O)Nc1ccc(C(=O)NC2CCOCC2)cn1. The second kappa shape index (κ2) is 9.67. The molecule has 1 fully saturated rings. The minimum atomic E-state index is -0.433. The van der Waals surface area contributed by atoms with Crippen molar-refractivity contribution in [2.75, 3.05) is 18.5 Å². The Morgan fingerprint density at radius 3 is 2.63 bits per heavy atom. The summed E-state index contributed by atoms with van der Waals surface area (Å²) in [7, 11) is 0. The van der Waals surface area contributed by atoms with Crippen LogP contribution < -0.4 is 16.4 Å². The Bertz CT molecular complexity index is 1000. The highest BCUT2D eigenvalue weighted by Crippen LogP contribution is 2.21. The van der Waals surface area contributed by atoms with E-state index in [1.54, 1.807) is 37.3 Å². The molecule has 8 nitrogen and oxygen atoms in total. The van der Waals surface area contributed by atoms with Crippen LogP contribution in [0.1, 0.15) is 39.9 Å². The predicted molar refractivity (Wildman–Crippen MR) is 112 cm³/mol. The van der Waals surface area contributed by atoms with Crippen molar-refractivity contribution in [1.29, 1.82) is 5.26 Å². The van der Waals surface area contributed by atoms with E-state index in [-0.39, 0.29) is 17.5 Å². The first-order valence-corrected chi connectivity index (χ1v) is 9.61. The molecule has 0 atom stereocenters. The molecule has 8 heteroatoms. The van der Waals surface area contributed by atoms with Crippen LogP contribution in [0.3, 0.4) is 0 Å². The maximum atomic E-state index is 12.7. The Hall–Kier alpha value is -3.70. The van der Waals surface area contributed by atoms with Gasteiger partial charge in [0.05, 0.1) is 22.8 Å². The molecule has 2 heterocycles. The third-order valence-electron chi connectivity index (χ3n) is 4.88. The maximum absolute atomic E-state index is 12.7. The van der Waals surface area contributed by atoms with Crippen LogP contribution in [0.2, 0.25) is 0 Å². The zero-order valence-electron chi connectivity index (χ0n) is 16.6. The van der Waals surface area contributed by atoms with Gasteiger partial charge in [-0.2, -0.15) is 5.26 Å². The lowest BCUT2D eigenvalue weighted by atomic mass is 9.98. The van der Waals surface area contributed by atoms with Crippen molar-refractivity contribution >= 4 is 23.2 Å². The second-order valence-electron chi connectivity index (χ2n) is 6.97. The summed E-state index contributed by atoms with van der Waals surface area (Å²) in [5.41, 5.74) is 8.25. The van der Waals surface area contributed by atoms with Gasteiger partial charge in [-0.3, -0.25) is 9.59 Å². The lowest BCUT2D eigenvalue weighted by Gasteiger charge is -2.23. The zero-order chi connectivity index (χ0) is 21.5. The summed E-state index contributed by atoms with van der Waals surface area (Å²) >= 11 is 0. The van der Waals surface area contributed by atoms with Crippen molar-refractivity contribution in [1.82, 2.24) is 10.3 Å². The number of anilines is 1. The Kier molecular flexibility index (Phi) is 6.78. The molecule has 2 amide bonds. The number of rotatable bonds is 5. The summed E-state index contributed by atoms with van der Waals surface area (Å²) < 4.78 is 5.29. The largest absolute Gasteiger partial charge is 0.404 e. The van der Waals surface area contributed by atoms with Crippen molar-refractivity contribution in [3.05, 3.63) is 65.0 Å². The number of hydrogen-bond donors (Lipinski definition) is 3. The van der Waals surface area contributed by atoms with Crippen LogP contribution >= 0.6 is 0 Å². The summed E-state index contributed by atoms with van der Waals surface area (Å²) in [5, 5.41) is 14.6. The molecule has 2 aromatic rings. The van der Waals surface area contributed by atoms with Crippen LogP contribution in [0.4, 0.5) is 5.82 Å². The Balaban J connectivity index is 1.66. The number of aryl methyl sites for hydroxylation is 1. The summed E-state index contributed by atoms with van der Waals surface area (Å²) in [5.74, 6) is -0.339. The molecule has 0 unspecified atom stereocenters. The van der Waals surface area contributed by atoms with Gasteiger partial charge in [0.2, 0.25) is 0 Å². The summed E-state index contributed by atoms with van der Waals surface area (Å²) in [6, 6.07) is 10.3. The number of nitrogens with two attached hydrogens (primary N) is 1. The molecule has 0 saturated carbocycles. The molecular formula is C22H23N5O3. The predicted octanol–water partition coefficient (Wildman–Crippen LogP) is 2.11. The highest BCUT2D eigenvalue weighted by atomic mass is 16.5.